The number of hydrogen-bond donors (Lipinski definition) is 2. The highest BCUT2D eigenvalue weighted by atomic mass is 16.5. The molecular weight excluding hydrogens is 278 g/mol. The lowest BCUT2D eigenvalue weighted by molar-refractivity contribution is -0.150. The highest BCUT2D eigenvalue weighted by molar-refractivity contribution is 5.58. The van der Waals surface area contributed by atoms with E-state index in [-0.39, 0.29) is 11.5 Å². The number of ether oxygens (including phenoxy) is 1. The molecule has 0 amide bonds. The third-order valence-corrected chi connectivity index (χ3v) is 6.86. The Morgan fingerprint density at radius 1 is 1.32 bits per heavy atom. The molecule has 6 atom stereocenters. The van der Waals surface area contributed by atoms with Crippen LogP contribution in [0.5, 0.6) is 5.75 Å². The van der Waals surface area contributed by atoms with Gasteiger partial charge in [-0.3, -0.25) is 0 Å². The summed E-state index contributed by atoms with van der Waals surface area (Å²) in [5, 5.41) is 21.0. The number of hydrogen-bond acceptors (Lipinski definition) is 4. The molecule has 2 heterocycles. The highest BCUT2D eigenvalue weighted by Crippen LogP contribution is 2.62. The fourth-order valence-electron chi connectivity index (χ4n) is 5.83. The normalized spacial score (nSPS) is 45.4. The van der Waals surface area contributed by atoms with Crippen LogP contribution in [0, 0.1) is 12.8 Å². The Balaban J connectivity index is 1.80. The van der Waals surface area contributed by atoms with Crippen LogP contribution in [0.25, 0.3) is 0 Å². The third-order valence-electron chi connectivity index (χ3n) is 6.86. The molecule has 4 nitrogen and oxygen atoms in total. The number of likely N-dealkylation sites (tertiary alicyclic amines) is 1. The minimum absolute atomic E-state index is 0.0925. The smallest absolute Gasteiger partial charge is 0.137 e. The van der Waals surface area contributed by atoms with Crippen molar-refractivity contribution in [2.24, 2.45) is 5.92 Å². The van der Waals surface area contributed by atoms with E-state index >= 15 is 0 Å². The predicted octanol–water partition coefficient (Wildman–Crippen LogP) is 0.996. The zero-order chi connectivity index (χ0) is 15.2. The first kappa shape index (κ1) is 13.3. The molecule has 2 bridgehead atoms. The average molecular weight is 301 g/mol. The molecule has 4 aliphatic rings. The van der Waals surface area contributed by atoms with Gasteiger partial charge in [0, 0.05) is 17.0 Å². The summed E-state index contributed by atoms with van der Waals surface area (Å²) in [5.74, 6) is 1.37. The molecule has 1 spiro atoms. The lowest BCUT2D eigenvalue weighted by Crippen LogP contribution is -2.69. The first-order chi connectivity index (χ1) is 10.5. The second-order valence-electron chi connectivity index (χ2n) is 7.73. The van der Waals surface area contributed by atoms with Crippen molar-refractivity contribution in [3.63, 3.8) is 0 Å². The van der Waals surface area contributed by atoms with E-state index in [4.69, 9.17) is 4.74 Å². The van der Waals surface area contributed by atoms with E-state index in [0.717, 1.165) is 30.7 Å². The van der Waals surface area contributed by atoms with Crippen molar-refractivity contribution >= 4 is 0 Å². The van der Waals surface area contributed by atoms with Crippen LogP contribution in [-0.2, 0) is 11.8 Å². The molecule has 2 aliphatic heterocycles. The minimum atomic E-state index is -0.780. The SMILES string of the molecule is Cc1ccc2c3c1O[C@H]1C(O)[C@H](O)C[C@H]4[C@@H](C2)N(C)CC[C@]314. The Morgan fingerprint density at radius 2 is 2.14 bits per heavy atom. The van der Waals surface area contributed by atoms with Crippen molar-refractivity contribution in [2.75, 3.05) is 13.6 Å². The van der Waals surface area contributed by atoms with Gasteiger partial charge in [-0.25, -0.2) is 0 Å². The maximum absolute atomic E-state index is 10.6. The number of aliphatic hydroxyl groups excluding tert-OH is 2. The summed E-state index contributed by atoms with van der Waals surface area (Å²) in [6, 6.07) is 4.84. The fourth-order valence-corrected chi connectivity index (χ4v) is 5.83. The molecule has 0 radical (unpaired) electrons. The molecule has 2 aliphatic carbocycles. The van der Waals surface area contributed by atoms with Crippen molar-refractivity contribution in [2.45, 2.75) is 56.0 Å². The summed E-state index contributed by atoms with van der Waals surface area (Å²) in [7, 11) is 2.19. The van der Waals surface area contributed by atoms with Gasteiger partial charge < -0.3 is 19.8 Å². The maximum atomic E-state index is 10.6. The van der Waals surface area contributed by atoms with Gasteiger partial charge in [-0.05, 0) is 56.8 Å². The lowest BCUT2D eigenvalue weighted by atomic mass is 9.51. The Kier molecular flexibility index (Phi) is 2.46. The Labute approximate surface area is 130 Å². The first-order valence-electron chi connectivity index (χ1n) is 8.40. The van der Waals surface area contributed by atoms with Gasteiger partial charge in [0.05, 0.1) is 6.10 Å². The van der Waals surface area contributed by atoms with E-state index in [1.165, 1.54) is 11.1 Å². The number of piperidine rings is 1. The molecule has 1 aromatic rings. The van der Waals surface area contributed by atoms with Crippen LogP contribution in [0.2, 0.25) is 0 Å². The molecule has 4 heteroatoms. The predicted molar refractivity (Wildman–Crippen MR) is 82.1 cm³/mol. The van der Waals surface area contributed by atoms with Crippen LogP contribution in [0.1, 0.15) is 29.5 Å². The summed E-state index contributed by atoms with van der Waals surface area (Å²) in [4.78, 5) is 2.44. The first-order valence-corrected chi connectivity index (χ1v) is 8.40. The second-order valence-corrected chi connectivity index (χ2v) is 7.73. The molecule has 1 saturated carbocycles. The molecule has 0 aromatic heterocycles. The summed E-state index contributed by atoms with van der Waals surface area (Å²) in [6.07, 6.45) is 0.995. The van der Waals surface area contributed by atoms with Crippen LogP contribution in [-0.4, -0.2) is 53.1 Å². The summed E-state index contributed by atoms with van der Waals surface area (Å²) < 4.78 is 6.30. The van der Waals surface area contributed by atoms with Gasteiger partial charge in [0.25, 0.3) is 0 Å². The molecule has 2 fully saturated rings. The van der Waals surface area contributed by atoms with E-state index in [0.29, 0.717) is 18.4 Å². The van der Waals surface area contributed by atoms with Gasteiger partial charge >= 0.3 is 0 Å². The van der Waals surface area contributed by atoms with E-state index in [9.17, 15) is 10.2 Å². The largest absolute Gasteiger partial charge is 0.486 e. The zero-order valence-electron chi connectivity index (χ0n) is 13.1. The standard InChI is InChI=1S/C18H23NO3/c1-9-3-4-10-7-12-11-8-13(20)15(21)17-18(11,5-6-19(12)2)14(10)16(9)22-17/h3-4,11-13,15,17,20-21H,5-8H2,1-2H3/t11-,12+,13+,15?,17-,18-/m0/s1. The van der Waals surface area contributed by atoms with Crippen LogP contribution in [0.15, 0.2) is 12.1 Å². The van der Waals surface area contributed by atoms with Crippen LogP contribution >= 0.6 is 0 Å². The molecule has 118 valence electrons. The van der Waals surface area contributed by atoms with Gasteiger partial charge in [-0.2, -0.15) is 0 Å². The van der Waals surface area contributed by atoms with Gasteiger partial charge in [-0.1, -0.05) is 12.1 Å². The third kappa shape index (κ3) is 1.31. The maximum Gasteiger partial charge on any atom is 0.137 e. The Morgan fingerprint density at radius 3 is 2.95 bits per heavy atom. The highest BCUT2D eigenvalue weighted by Gasteiger charge is 2.66. The van der Waals surface area contributed by atoms with Crippen molar-refractivity contribution in [1.29, 1.82) is 0 Å². The second kappa shape index (κ2) is 4.05. The van der Waals surface area contributed by atoms with Crippen molar-refractivity contribution in [3.05, 3.63) is 28.8 Å². The van der Waals surface area contributed by atoms with Gasteiger partial charge in [0.15, 0.2) is 0 Å². The summed E-state index contributed by atoms with van der Waals surface area (Å²) in [5.41, 5.74) is 3.81. The molecule has 1 unspecified atom stereocenters. The van der Waals surface area contributed by atoms with Crippen molar-refractivity contribution < 1.29 is 14.9 Å². The van der Waals surface area contributed by atoms with Crippen LogP contribution in [0.3, 0.4) is 0 Å². The monoisotopic (exact) mass is 301 g/mol. The summed E-state index contributed by atoms with van der Waals surface area (Å²) >= 11 is 0. The molecule has 1 aromatic carbocycles. The molecule has 22 heavy (non-hydrogen) atoms. The van der Waals surface area contributed by atoms with E-state index in [1.807, 2.05) is 0 Å². The van der Waals surface area contributed by atoms with Gasteiger partial charge in [0.2, 0.25) is 0 Å². The molecular formula is C18H23NO3. The van der Waals surface area contributed by atoms with Gasteiger partial charge in [0.1, 0.15) is 18.0 Å². The minimum Gasteiger partial charge on any atom is -0.486 e. The zero-order valence-corrected chi connectivity index (χ0v) is 13.1. The van der Waals surface area contributed by atoms with Crippen LogP contribution < -0.4 is 4.74 Å². The quantitative estimate of drug-likeness (QED) is 0.750. The molecule has 2 N–H and O–H groups in total. The number of benzene rings is 1. The number of likely N-dealkylation sites (N-methyl/N-ethyl adjacent to an activating group) is 1. The number of aryl methyl sites for hydroxylation is 1. The number of rotatable bonds is 0. The van der Waals surface area contributed by atoms with Crippen LogP contribution in [0.4, 0.5) is 0 Å². The van der Waals surface area contributed by atoms with E-state index in [1.54, 1.807) is 0 Å². The number of nitrogens with zero attached hydrogens (tertiary/aromatic N) is 1. The average Bonchev–Trinajstić information content (AvgIpc) is 2.84. The number of aliphatic hydroxyl groups is 2. The van der Waals surface area contributed by atoms with Crippen molar-refractivity contribution in [1.82, 2.24) is 4.90 Å². The Hall–Kier alpha value is -1.10. The van der Waals surface area contributed by atoms with E-state index in [2.05, 4.69) is 31.0 Å². The fraction of sp³-hybridized carbons (Fsp3) is 0.667. The molecule has 1 saturated heterocycles. The van der Waals surface area contributed by atoms with Crippen molar-refractivity contribution in [3.8, 4) is 5.75 Å². The van der Waals surface area contributed by atoms with E-state index < -0.39 is 12.2 Å². The van der Waals surface area contributed by atoms with Gasteiger partial charge in [-0.15, -0.1) is 0 Å². The molecule has 5 rings (SSSR count). The topological polar surface area (TPSA) is 52.9 Å². The lowest BCUT2D eigenvalue weighted by Gasteiger charge is -2.59. The summed E-state index contributed by atoms with van der Waals surface area (Å²) in [6.45, 7) is 3.12. The Bertz CT molecular complexity index is 660.